The Hall–Kier alpha value is -0.200. The summed E-state index contributed by atoms with van der Waals surface area (Å²) in [4.78, 5) is 2.52. The van der Waals surface area contributed by atoms with Crippen molar-refractivity contribution in [1.82, 2.24) is 4.90 Å². The van der Waals surface area contributed by atoms with E-state index in [4.69, 9.17) is 5.26 Å². The van der Waals surface area contributed by atoms with E-state index < -0.39 is 0 Å². The maximum absolute atomic E-state index is 9.15. The van der Waals surface area contributed by atoms with Crippen LogP contribution in [0.2, 0.25) is 0 Å². The average Bonchev–Trinajstić information content (AvgIpc) is 2.31. The number of hydrogen-bond donors (Lipinski definition) is 0. The van der Waals surface area contributed by atoms with E-state index >= 15 is 0 Å². The minimum Gasteiger partial charge on any atom is -0.303 e. The lowest BCUT2D eigenvalue weighted by molar-refractivity contribution is 0.213. The van der Waals surface area contributed by atoms with Gasteiger partial charge in [-0.1, -0.05) is 19.8 Å². The standard InChI is InChI=1S/C12H22N2S/c1-3-4-5-8-14-9-6-12(11-13,15-2)7-10-14/h3-10H2,1-2H3. The molecule has 0 aromatic carbocycles. The summed E-state index contributed by atoms with van der Waals surface area (Å²) in [7, 11) is 0. The quantitative estimate of drug-likeness (QED) is 0.674. The number of nitriles is 1. The van der Waals surface area contributed by atoms with Gasteiger partial charge in [0.05, 0.1) is 6.07 Å². The van der Waals surface area contributed by atoms with E-state index in [9.17, 15) is 0 Å². The number of likely N-dealkylation sites (tertiary alicyclic amines) is 1. The Morgan fingerprint density at radius 3 is 2.47 bits per heavy atom. The summed E-state index contributed by atoms with van der Waals surface area (Å²) in [5.41, 5.74) is 0. The summed E-state index contributed by atoms with van der Waals surface area (Å²) >= 11 is 1.74. The topological polar surface area (TPSA) is 27.0 Å². The first-order chi connectivity index (χ1) is 7.26. The van der Waals surface area contributed by atoms with Gasteiger partial charge >= 0.3 is 0 Å². The highest BCUT2D eigenvalue weighted by molar-refractivity contribution is 8.00. The van der Waals surface area contributed by atoms with Gasteiger partial charge in [-0.25, -0.2) is 0 Å². The fourth-order valence-corrected chi connectivity index (χ4v) is 2.77. The molecule has 0 aromatic rings. The second kappa shape index (κ2) is 6.40. The lowest BCUT2D eigenvalue weighted by atomic mass is 9.97. The van der Waals surface area contributed by atoms with Crippen molar-refractivity contribution >= 4 is 11.8 Å². The Balaban J connectivity index is 2.26. The van der Waals surface area contributed by atoms with Crippen molar-refractivity contribution in [1.29, 1.82) is 5.26 Å². The Morgan fingerprint density at radius 2 is 2.00 bits per heavy atom. The predicted molar refractivity (Wildman–Crippen MR) is 67.1 cm³/mol. The van der Waals surface area contributed by atoms with Gasteiger partial charge in [-0.2, -0.15) is 5.26 Å². The molecule has 0 aliphatic carbocycles. The second-order valence-corrected chi connectivity index (χ2v) is 5.55. The maximum atomic E-state index is 9.15. The Kier molecular flexibility index (Phi) is 5.49. The van der Waals surface area contributed by atoms with E-state index in [1.54, 1.807) is 11.8 Å². The van der Waals surface area contributed by atoms with Crippen molar-refractivity contribution in [3.8, 4) is 6.07 Å². The number of hydrogen-bond acceptors (Lipinski definition) is 3. The third kappa shape index (κ3) is 3.70. The van der Waals surface area contributed by atoms with Crippen LogP contribution in [0, 0.1) is 11.3 Å². The zero-order chi connectivity index (χ0) is 11.1. The van der Waals surface area contributed by atoms with Crippen molar-refractivity contribution in [3.05, 3.63) is 0 Å². The van der Waals surface area contributed by atoms with E-state index in [0.717, 1.165) is 25.9 Å². The van der Waals surface area contributed by atoms with Crippen molar-refractivity contribution in [3.63, 3.8) is 0 Å². The number of nitrogens with zero attached hydrogens (tertiary/aromatic N) is 2. The van der Waals surface area contributed by atoms with E-state index in [1.165, 1.54) is 25.8 Å². The summed E-state index contributed by atoms with van der Waals surface area (Å²) in [5.74, 6) is 0. The number of rotatable bonds is 5. The van der Waals surface area contributed by atoms with Crippen LogP contribution in [0.4, 0.5) is 0 Å². The molecule has 0 amide bonds. The van der Waals surface area contributed by atoms with Crippen molar-refractivity contribution in [2.24, 2.45) is 0 Å². The maximum Gasteiger partial charge on any atom is 0.104 e. The van der Waals surface area contributed by atoms with Crippen LogP contribution in [0.1, 0.15) is 39.0 Å². The molecule has 0 radical (unpaired) electrons. The molecule has 0 unspecified atom stereocenters. The number of piperidine rings is 1. The summed E-state index contributed by atoms with van der Waals surface area (Å²) in [6, 6.07) is 2.49. The Bertz CT molecular complexity index is 214. The zero-order valence-electron chi connectivity index (χ0n) is 9.96. The number of thioether (sulfide) groups is 1. The molecule has 15 heavy (non-hydrogen) atoms. The van der Waals surface area contributed by atoms with Gasteiger partial charge in [-0.3, -0.25) is 0 Å². The fourth-order valence-electron chi connectivity index (χ4n) is 2.08. The zero-order valence-corrected chi connectivity index (χ0v) is 10.8. The number of unbranched alkanes of at least 4 members (excludes halogenated alkanes) is 2. The summed E-state index contributed by atoms with van der Waals surface area (Å²) in [6.07, 6.45) is 8.09. The fraction of sp³-hybridized carbons (Fsp3) is 0.917. The third-order valence-corrected chi connectivity index (χ3v) is 4.62. The molecule has 1 rings (SSSR count). The molecule has 0 saturated carbocycles. The van der Waals surface area contributed by atoms with Crippen LogP contribution in [0.5, 0.6) is 0 Å². The second-order valence-electron chi connectivity index (χ2n) is 4.36. The van der Waals surface area contributed by atoms with Gasteiger partial charge in [-0.05, 0) is 32.1 Å². The molecule has 1 heterocycles. The molecule has 0 N–H and O–H groups in total. The van der Waals surface area contributed by atoms with Crippen molar-refractivity contribution < 1.29 is 0 Å². The highest BCUT2D eigenvalue weighted by Crippen LogP contribution is 2.33. The summed E-state index contributed by atoms with van der Waals surface area (Å²) in [6.45, 7) is 5.69. The van der Waals surface area contributed by atoms with Crippen LogP contribution in [-0.2, 0) is 0 Å². The summed E-state index contributed by atoms with van der Waals surface area (Å²) in [5, 5.41) is 9.15. The van der Waals surface area contributed by atoms with Gasteiger partial charge in [0.2, 0.25) is 0 Å². The SMILES string of the molecule is CCCCCN1CCC(C#N)(SC)CC1. The van der Waals surface area contributed by atoms with E-state index in [0.29, 0.717) is 0 Å². The first kappa shape index (κ1) is 12.9. The highest BCUT2D eigenvalue weighted by atomic mass is 32.2. The van der Waals surface area contributed by atoms with E-state index in [-0.39, 0.29) is 4.75 Å². The molecule has 1 saturated heterocycles. The Labute approximate surface area is 98.0 Å². The minimum atomic E-state index is -0.0821. The molecule has 0 atom stereocenters. The molecular formula is C12H22N2S. The third-order valence-electron chi connectivity index (χ3n) is 3.34. The van der Waals surface area contributed by atoms with E-state index in [2.05, 4.69) is 24.1 Å². The normalized spacial score (nSPS) is 21.1. The molecule has 1 aliphatic rings. The Morgan fingerprint density at radius 1 is 1.33 bits per heavy atom. The van der Waals surface area contributed by atoms with E-state index in [1.807, 2.05) is 0 Å². The van der Waals surface area contributed by atoms with Crippen molar-refractivity contribution in [2.45, 2.75) is 43.8 Å². The van der Waals surface area contributed by atoms with Gasteiger partial charge < -0.3 is 4.90 Å². The van der Waals surface area contributed by atoms with Crippen LogP contribution in [0.25, 0.3) is 0 Å². The first-order valence-electron chi connectivity index (χ1n) is 5.95. The lowest BCUT2D eigenvalue weighted by Crippen LogP contribution is -2.41. The van der Waals surface area contributed by atoms with Crippen LogP contribution in [0.3, 0.4) is 0 Å². The molecule has 0 bridgehead atoms. The van der Waals surface area contributed by atoms with Crippen LogP contribution < -0.4 is 0 Å². The average molecular weight is 226 g/mol. The van der Waals surface area contributed by atoms with Gasteiger partial charge in [0.1, 0.15) is 4.75 Å². The molecular weight excluding hydrogens is 204 g/mol. The van der Waals surface area contributed by atoms with Crippen LogP contribution in [0.15, 0.2) is 0 Å². The first-order valence-corrected chi connectivity index (χ1v) is 7.17. The molecule has 0 spiro atoms. The smallest absolute Gasteiger partial charge is 0.104 e. The molecule has 0 aromatic heterocycles. The summed E-state index contributed by atoms with van der Waals surface area (Å²) < 4.78 is -0.0821. The monoisotopic (exact) mass is 226 g/mol. The predicted octanol–water partition coefficient (Wildman–Crippen LogP) is 2.90. The lowest BCUT2D eigenvalue weighted by Gasteiger charge is -2.36. The molecule has 3 heteroatoms. The highest BCUT2D eigenvalue weighted by Gasteiger charge is 2.33. The van der Waals surface area contributed by atoms with Gasteiger partial charge in [0, 0.05) is 13.1 Å². The molecule has 2 nitrogen and oxygen atoms in total. The van der Waals surface area contributed by atoms with Gasteiger partial charge in [0.25, 0.3) is 0 Å². The molecule has 1 aliphatic heterocycles. The van der Waals surface area contributed by atoms with Crippen molar-refractivity contribution in [2.75, 3.05) is 25.9 Å². The van der Waals surface area contributed by atoms with Gasteiger partial charge in [0.15, 0.2) is 0 Å². The van der Waals surface area contributed by atoms with Crippen LogP contribution in [-0.4, -0.2) is 35.5 Å². The van der Waals surface area contributed by atoms with Gasteiger partial charge in [-0.15, -0.1) is 11.8 Å². The van der Waals surface area contributed by atoms with Crippen LogP contribution >= 0.6 is 11.8 Å². The molecule has 86 valence electrons. The minimum absolute atomic E-state index is 0.0821. The largest absolute Gasteiger partial charge is 0.303 e. The molecule has 1 fully saturated rings.